The first kappa shape index (κ1) is 13.9. The minimum atomic E-state index is -4.98. The first-order chi connectivity index (χ1) is 8.32. The summed E-state index contributed by atoms with van der Waals surface area (Å²) in [7, 11) is 0. The average Bonchev–Trinajstić information content (AvgIpc) is 2.28. The Bertz CT molecular complexity index is 493. The van der Waals surface area contributed by atoms with Crippen LogP contribution in [0, 0.1) is 0 Å². The first-order valence-corrected chi connectivity index (χ1v) is 4.78. The second kappa shape index (κ2) is 5.44. The summed E-state index contributed by atoms with van der Waals surface area (Å²) >= 11 is 0. The third-order valence-corrected chi connectivity index (χ3v) is 1.89. The van der Waals surface area contributed by atoms with Crippen LogP contribution in [-0.2, 0) is 4.79 Å². The predicted molar refractivity (Wildman–Crippen MR) is 58.8 cm³/mol. The number of carbonyl (C=O) groups is 1. The van der Waals surface area contributed by atoms with E-state index in [0.29, 0.717) is 6.21 Å². The Kier molecular flexibility index (Phi) is 4.19. The van der Waals surface area contributed by atoms with Gasteiger partial charge in [0.15, 0.2) is 5.78 Å². The molecule has 0 aliphatic carbocycles. The highest BCUT2D eigenvalue weighted by atomic mass is 19.4. The van der Waals surface area contributed by atoms with Crippen LogP contribution in [0.2, 0.25) is 0 Å². The third-order valence-electron chi connectivity index (χ3n) is 1.89. The van der Waals surface area contributed by atoms with Gasteiger partial charge >= 0.3 is 6.18 Å². The van der Waals surface area contributed by atoms with Crippen LogP contribution in [0.3, 0.4) is 0 Å². The van der Waals surface area contributed by atoms with Crippen molar-refractivity contribution in [3.05, 3.63) is 35.9 Å². The fraction of sp³-hybridized carbons (Fsp3) is 0.182. The van der Waals surface area contributed by atoms with Crippen LogP contribution in [-0.4, -0.2) is 28.3 Å². The van der Waals surface area contributed by atoms with Crippen LogP contribution in [0.15, 0.2) is 40.9 Å². The molecule has 1 aromatic rings. The fourth-order valence-corrected chi connectivity index (χ4v) is 1.04. The number of aliphatic imine (C=N–C) groups is 1. The zero-order valence-corrected chi connectivity index (χ0v) is 9.27. The van der Waals surface area contributed by atoms with E-state index < -0.39 is 23.3 Å². The van der Waals surface area contributed by atoms with Crippen LogP contribution in [0.5, 0.6) is 0 Å². The van der Waals surface area contributed by atoms with Gasteiger partial charge in [0.2, 0.25) is 5.76 Å². The number of hydrogen-bond donors (Lipinski definition) is 1. The Morgan fingerprint density at radius 2 is 2.17 bits per heavy atom. The van der Waals surface area contributed by atoms with E-state index in [1.165, 1.54) is 24.5 Å². The molecule has 0 fully saturated rings. The number of nitrogens with zero attached hydrogens (tertiary/aromatic N) is 2. The predicted octanol–water partition coefficient (Wildman–Crippen LogP) is 2.75. The summed E-state index contributed by atoms with van der Waals surface area (Å²) in [5, 5.41) is 8.92. The summed E-state index contributed by atoms with van der Waals surface area (Å²) in [5.41, 5.74) is -0.627. The molecule has 0 unspecified atom stereocenters. The summed E-state index contributed by atoms with van der Waals surface area (Å²) in [4.78, 5) is 18.4. The Hall–Kier alpha value is -2.18. The molecule has 0 bridgehead atoms. The van der Waals surface area contributed by atoms with Gasteiger partial charge in [0, 0.05) is 12.4 Å². The number of aliphatic hydroxyl groups is 1. The first-order valence-electron chi connectivity index (χ1n) is 4.78. The average molecular weight is 258 g/mol. The molecular weight excluding hydrogens is 249 g/mol. The maximum atomic E-state index is 12.3. The minimum absolute atomic E-state index is 0.270. The van der Waals surface area contributed by atoms with E-state index in [1.807, 2.05) is 0 Å². The molecule has 0 saturated heterocycles. The summed E-state index contributed by atoms with van der Waals surface area (Å²) in [6.45, 7) is 0.909. The molecule has 0 radical (unpaired) electrons. The summed E-state index contributed by atoms with van der Waals surface area (Å²) in [6, 6.07) is 3.03. The van der Waals surface area contributed by atoms with Gasteiger partial charge in [0.1, 0.15) is 0 Å². The number of halogens is 3. The van der Waals surface area contributed by atoms with Crippen molar-refractivity contribution in [2.75, 3.05) is 0 Å². The number of Topliss-reactive ketones (excluding diaryl/α,β-unsaturated/α-hetero) is 1. The van der Waals surface area contributed by atoms with Crippen molar-refractivity contribution in [1.29, 1.82) is 0 Å². The van der Waals surface area contributed by atoms with E-state index in [2.05, 4.69) is 9.98 Å². The number of ketones is 1. The van der Waals surface area contributed by atoms with Crippen molar-refractivity contribution < 1.29 is 23.1 Å². The second-order valence-electron chi connectivity index (χ2n) is 3.29. The number of rotatable bonds is 3. The van der Waals surface area contributed by atoms with Crippen LogP contribution < -0.4 is 0 Å². The topological polar surface area (TPSA) is 62.5 Å². The van der Waals surface area contributed by atoms with E-state index in [4.69, 9.17) is 5.11 Å². The number of aromatic nitrogens is 1. The van der Waals surface area contributed by atoms with E-state index in [1.54, 1.807) is 0 Å². The summed E-state index contributed by atoms with van der Waals surface area (Å²) < 4.78 is 36.8. The van der Waals surface area contributed by atoms with Crippen molar-refractivity contribution in [2.24, 2.45) is 4.99 Å². The van der Waals surface area contributed by atoms with Crippen LogP contribution in [0.25, 0.3) is 0 Å². The van der Waals surface area contributed by atoms with Crippen LogP contribution in [0.1, 0.15) is 6.92 Å². The van der Waals surface area contributed by atoms with Gasteiger partial charge in [-0.3, -0.25) is 14.8 Å². The standard InChI is InChI=1S/C11H9F3N2O2/c1-7(17)9(10(18)11(12,13)14)6-16-8-3-2-4-15-5-8/h2-6,18H,1H3/b10-9-,16-6?. The lowest BCUT2D eigenvalue weighted by atomic mass is 10.1. The van der Waals surface area contributed by atoms with E-state index in [-0.39, 0.29) is 5.69 Å². The number of carbonyl (C=O) groups excluding carboxylic acids is 1. The number of aliphatic hydroxyl groups excluding tert-OH is 1. The van der Waals surface area contributed by atoms with Gasteiger partial charge in [-0.15, -0.1) is 0 Å². The highest BCUT2D eigenvalue weighted by molar-refractivity contribution is 6.13. The normalized spacial score (nSPS) is 13.6. The molecule has 1 N–H and O–H groups in total. The lowest BCUT2D eigenvalue weighted by Gasteiger charge is -2.07. The minimum Gasteiger partial charge on any atom is -0.504 e. The van der Waals surface area contributed by atoms with E-state index in [9.17, 15) is 18.0 Å². The van der Waals surface area contributed by atoms with Crippen molar-refractivity contribution in [2.45, 2.75) is 13.1 Å². The van der Waals surface area contributed by atoms with Gasteiger partial charge in [-0.25, -0.2) is 0 Å². The molecule has 18 heavy (non-hydrogen) atoms. The Balaban J connectivity index is 3.10. The highest BCUT2D eigenvalue weighted by Crippen LogP contribution is 2.26. The molecular formula is C11H9F3N2O2. The molecule has 0 saturated carbocycles. The fourth-order valence-electron chi connectivity index (χ4n) is 1.04. The number of alkyl halides is 3. The zero-order valence-electron chi connectivity index (χ0n) is 9.27. The molecule has 0 spiro atoms. The van der Waals surface area contributed by atoms with Gasteiger partial charge in [-0.2, -0.15) is 13.2 Å². The van der Waals surface area contributed by atoms with Crippen LogP contribution in [0.4, 0.5) is 18.9 Å². The monoisotopic (exact) mass is 258 g/mol. The van der Waals surface area contributed by atoms with Gasteiger partial charge in [0.25, 0.3) is 0 Å². The zero-order chi connectivity index (χ0) is 13.8. The third kappa shape index (κ3) is 3.69. The molecule has 1 heterocycles. The molecule has 4 nitrogen and oxygen atoms in total. The van der Waals surface area contributed by atoms with Gasteiger partial charge in [-0.1, -0.05) is 0 Å². The summed E-state index contributed by atoms with van der Waals surface area (Å²) in [6.07, 6.45) is -1.54. The number of hydrogen-bond acceptors (Lipinski definition) is 4. The van der Waals surface area contributed by atoms with Crippen LogP contribution >= 0.6 is 0 Å². The lowest BCUT2D eigenvalue weighted by Crippen LogP contribution is -2.17. The van der Waals surface area contributed by atoms with Crippen molar-refractivity contribution >= 4 is 17.7 Å². The van der Waals surface area contributed by atoms with E-state index >= 15 is 0 Å². The molecule has 0 aliphatic rings. The highest BCUT2D eigenvalue weighted by Gasteiger charge is 2.37. The summed E-state index contributed by atoms with van der Waals surface area (Å²) in [5.74, 6) is -2.89. The molecule has 96 valence electrons. The van der Waals surface area contributed by atoms with Gasteiger partial charge in [0.05, 0.1) is 17.5 Å². The van der Waals surface area contributed by atoms with E-state index in [0.717, 1.165) is 6.92 Å². The smallest absolute Gasteiger partial charge is 0.449 e. The Labute approximate surface area is 100 Å². The largest absolute Gasteiger partial charge is 0.504 e. The Morgan fingerprint density at radius 3 is 2.61 bits per heavy atom. The second-order valence-corrected chi connectivity index (χ2v) is 3.29. The SMILES string of the molecule is CC(=O)/C(C=Nc1cccnc1)=C(\O)C(F)(F)F. The molecule has 0 aromatic carbocycles. The quantitative estimate of drug-likeness (QED) is 0.515. The maximum absolute atomic E-state index is 12.3. The van der Waals surface area contributed by atoms with Crippen molar-refractivity contribution in [3.8, 4) is 0 Å². The molecule has 1 aromatic heterocycles. The molecule has 0 aliphatic heterocycles. The van der Waals surface area contributed by atoms with Gasteiger partial charge < -0.3 is 5.11 Å². The van der Waals surface area contributed by atoms with Crippen molar-refractivity contribution in [3.63, 3.8) is 0 Å². The van der Waals surface area contributed by atoms with Crippen molar-refractivity contribution in [1.82, 2.24) is 4.98 Å². The Morgan fingerprint density at radius 1 is 1.50 bits per heavy atom. The number of pyridine rings is 1. The van der Waals surface area contributed by atoms with Gasteiger partial charge in [-0.05, 0) is 19.1 Å². The molecule has 7 heteroatoms. The lowest BCUT2D eigenvalue weighted by molar-refractivity contribution is -0.125. The maximum Gasteiger partial charge on any atom is 0.449 e. The number of allylic oxidation sites excluding steroid dienone is 2. The molecule has 1 rings (SSSR count). The molecule has 0 amide bonds. The molecule has 0 atom stereocenters.